The molecule has 4 rings (SSSR count). The third-order valence-electron chi connectivity index (χ3n) is 5.39. The summed E-state index contributed by atoms with van der Waals surface area (Å²) in [4.78, 5) is 18.9. The van der Waals surface area contributed by atoms with Crippen LogP contribution in [-0.2, 0) is 17.8 Å². The van der Waals surface area contributed by atoms with Crippen LogP contribution >= 0.6 is 11.3 Å². The first-order valence-electron chi connectivity index (χ1n) is 10.3. The van der Waals surface area contributed by atoms with Crippen molar-refractivity contribution in [3.8, 4) is 17.1 Å². The van der Waals surface area contributed by atoms with Crippen molar-refractivity contribution in [2.75, 3.05) is 20.2 Å². The number of likely N-dealkylation sites (tertiary alicyclic amines) is 1. The van der Waals surface area contributed by atoms with Gasteiger partial charge in [0.15, 0.2) is 11.6 Å². The number of nitrogens with zero attached hydrogens (tertiary/aromatic N) is 3. The highest BCUT2D eigenvalue weighted by atomic mass is 32.1. The van der Waals surface area contributed by atoms with Crippen LogP contribution in [0.4, 0.5) is 4.39 Å². The number of amides is 1. The van der Waals surface area contributed by atoms with Crippen molar-refractivity contribution in [3.05, 3.63) is 52.3 Å². The van der Waals surface area contributed by atoms with E-state index in [1.807, 2.05) is 22.9 Å². The number of ether oxygens (including phenoxy) is 1. The van der Waals surface area contributed by atoms with E-state index >= 15 is 0 Å². The number of carbonyl (C=O) groups is 1. The summed E-state index contributed by atoms with van der Waals surface area (Å²) < 4.78 is 24.1. The standard InChI is InChI=1S/C22H25FN4O3S/c1-29-19-3-2-15(12-18(19)23)13-27-9-6-17(7-10-27)24-20(28)4-5-21-25-22(26-30-21)16-8-11-31-14-16/h2-3,8,11-12,14,17H,4-7,9-10,13H2,1H3,(H,24,28). The number of aromatic nitrogens is 2. The van der Waals surface area contributed by atoms with Gasteiger partial charge in [-0.3, -0.25) is 9.69 Å². The summed E-state index contributed by atoms with van der Waals surface area (Å²) in [6, 6.07) is 7.15. The molecular formula is C22H25FN4O3S. The van der Waals surface area contributed by atoms with Gasteiger partial charge < -0.3 is 14.6 Å². The van der Waals surface area contributed by atoms with Crippen molar-refractivity contribution in [1.29, 1.82) is 0 Å². The molecule has 1 N–H and O–H groups in total. The lowest BCUT2D eigenvalue weighted by molar-refractivity contribution is -0.122. The van der Waals surface area contributed by atoms with Gasteiger partial charge in [0, 0.05) is 49.5 Å². The minimum Gasteiger partial charge on any atom is -0.494 e. The molecule has 1 amide bonds. The summed E-state index contributed by atoms with van der Waals surface area (Å²) in [5.74, 6) is 0.934. The van der Waals surface area contributed by atoms with Crippen molar-refractivity contribution in [2.45, 2.75) is 38.3 Å². The maximum absolute atomic E-state index is 13.9. The molecule has 3 heterocycles. The van der Waals surface area contributed by atoms with Gasteiger partial charge in [0.25, 0.3) is 0 Å². The molecule has 0 atom stereocenters. The second kappa shape index (κ2) is 10.0. The van der Waals surface area contributed by atoms with Gasteiger partial charge in [-0.15, -0.1) is 0 Å². The summed E-state index contributed by atoms with van der Waals surface area (Å²) in [5, 5.41) is 11.0. The van der Waals surface area contributed by atoms with Gasteiger partial charge in [-0.05, 0) is 42.0 Å². The Labute approximate surface area is 184 Å². The average Bonchev–Trinajstić information content (AvgIpc) is 3.46. The van der Waals surface area contributed by atoms with Crippen LogP contribution in [0.5, 0.6) is 5.75 Å². The predicted octanol–water partition coefficient (Wildman–Crippen LogP) is 3.66. The fourth-order valence-electron chi connectivity index (χ4n) is 3.69. The summed E-state index contributed by atoms with van der Waals surface area (Å²) in [7, 11) is 1.46. The van der Waals surface area contributed by atoms with E-state index in [0.29, 0.717) is 31.1 Å². The third-order valence-corrected chi connectivity index (χ3v) is 6.07. The predicted molar refractivity (Wildman–Crippen MR) is 115 cm³/mol. The molecule has 0 aliphatic carbocycles. The number of nitrogens with one attached hydrogen (secondary N) is 1. The van der Waals surface area contributed by atoms with E-state index in [1.165, 1.54) is 13.2 Å². The number of methoxy groups -OCH3 is 1. The second-order valence-electron chi connectivity index (χ2n) is 7.61. The topological polar surface area (TPSA) is 80.5 Å². The SMILES string of the molecule is COc1ccc(CN2CCC(NC(=O)CCc3nc(-c4ccsc4)no3)CC2)cc1F. The second-order valence-corrected chi connectivity index (χ2v) is 8.39. The van der Waals surface area contributed by atoms with Gasteiger partial charge in [0.05, 0.1) is 7.11 Å². The van der Waals surface area contributed by atoms with Crippen LogP contribution < -0.4 is 10.1 Å². The van der Waals surface area contributed by atoms with E-state index < -0.39 is 0 Å². The number of piperidine rings is 1. The molecule has 1 aliphatic rings. The number of hydrogen-bond acceptors (Lipinski definition) is 7. The summed E-state index contributed by atoms with van der Waals surface area (Å²) >= 11 is 1.57. The van der Waals surface area contributed by atoms with Crippen molar-refractivity contribution < 1.29 is 18.4 Å². The molecule has 2 aromatic heterocycles. The minimum atomic E-state index is -0.342. The van der Waals surface area contributed by atoms with Gasteiger partial charge in [-0.1, -0.05) is 11.2 Å². The molecule has 164 valence electrons. The molecule has 1 fully saturated rings. The molecule has 31 heavy (non-hydrogen) atoms. The Morgan fingerprint density at radius 1 is 1.35 bits per heavy atom. The van der Waals surface area contributed by atoms with Crippen molar-refractivity contribution in [1.82, 2.24) is 20.4 Å². The molecule has 1 aliphatic heterocycles. The maximum Gasteiger partial charge on any atom is 0.227 e. The van der Waals surface area contributed by atoms with Crippen LogP contribution in [-0.4, -0.2) is 47.2 Å². The molecule has 7 nitrogen and oxygen atoms in total. The molecular weight excluding hydrogens is 419 g/mol. The van der Waals surface area contributed by atoms with Crippen LogP contribution in [0.1, 0.15) is 30.7 Å². The zero-order chi connectivity index (χ0) is 21.6. The van der Waals surface area contributed by atoms with Gasteiger partial charge in [-0.25, -0.2) is 4.39 Å². The van der Waals surface area contributed by atoms with Crippen LogP contribution in [0.2, 0.25) is 0 Å². The Kier molecular flexibility index (Phi) is 6.93. The van der Waals surface area contributed by atoms with Crippen LogP contribution in [0, 0.1) is 5.82 Å². The van der Waals surface area contributed by atoms with Crippen LogP contribution in [0.15, 0.2) is 39.5 Å². The zero-order valence-electron chi connectivity index (χ0n) is 17.3. The fourth-order valence-corrected chi connectivity index (χ4v) is 4.32. The van der Waals surface area contributed by atoms with E-state index in [9.17, 15) is 9.18 Å². The number of benzene rings is 1. The molecule has 1 aromatic carbocycles. The molecule has 0 radical (unpaired) electrons. The number of hydrogen-bond donors (Lipinski definition) is 1. The van der Waals surface area contributed by atoms with Crippen molar-refractivity contribution >= 4 is 17.2 Å². The smallest absolute Gasteiger partial charge is 0.227 e. The van der Waals surface area contributed by atoms with E-state index in [2.05, 4.69) is 20.4 Å². The molecule has 0 unspecified atom stereocenters. The highest BCUT2D eigenvalue weighted by Gasteiger charge is 2.21. The first-order chi connectivity index (χ1) is 15.1. The number of halogens is 1. The molecule has 0 bridgehead atoms. The fraction of sp³-hybridized carbons (Fsp3) is 0.409. The Hall–Kier alpha value is -2.78. The summed E-state index contributed by atoms with van der Waals surface area (Å²) in [5.41, 5.74) is 1.84. The summed E-state index contributed by atoms with van der Waals surface area (Å²) in [6.45, 7) is 2.39. The minimum absolute atomic E-state index is 0.00837. The first-order valence-corrected chi connectivity index (χ1v) is 11.2. The highest BCUT2D eigenvalue weighted by molar-refractivity contribution is 7.08. The lowest BCUT2D eigenvalue weighted by Gasteiger charge is -2.32. The number of carbonyl (C=O) groups excluding carboxylic acids is 1. The van der Waals surface area contributed by atoms with E-state index in [0.717, 1.165) is 37.1 Å². The molecule has 1 saturated heterocycles. The van der Waals surface area contributed by atoms with Crippen LogP contribution in [0.25, 0.3) is 11.4 Å². The van der Waals surface area contributed by atoms with Crippen molar-refractivity contribution in [2.24, 2.45) is 0 Å². The molecule has 9 heteroatoms. The normalized spacial score (nSPS) is 15.2. The maximum atomic E-state index is 13.9. The molecule has 3 aromatic rings. The number of rotatable bonds is 8. The Morgan fingerprint density at radius 2 is 2.19 bits per heavy atom. The monoisotopic (exact) mass is 444 g/mol. The average molecular weight is 445 g/mol. The lowest BCUT2D eigenvalue weighted by atomic mass is 10.0. The van der Waals surface area contributed by atoms with E-state index in [-0.39, 0.29) is 23.5 Å². The van der Waals surface area contributed by atoms with E-state index in [4.69, 9.17) is 9.26 Å². The molecule has 0 spiro atoms. The summed E-state index contributed by atoms with van der Waals surface area (Å²) in [6.07, 6.45) is 2.47. The first kappa shape index (κ1) is 21.5. The lowest BCUT2D eigenvalue weighted by Crippen LogP contribution is -2.44. The van der Waals surface area contributed by atoms with Crippen LogP contribution in [0.3, 0.4) is 0 Å². The Morgan fingerprint density at radius 3 is 2.90 bits per heavy atom. The largest absolute Gasteiger partial charge is 0.494 e. The number of aryl methyl sites for hydroxylation is 1. The van der Waals surface area contributed by atoms with Crippen molar-refractivity contribution in [3.63, 3.8) is 0 Å². The zero-order valence-corrected chi connectivity index (χ0v) is 18.2. The highest BCUT2D eigenvalue weighted by Crippen LogP contribution is 2.21. The Balaban J connectivity index is 1.18. The quantitative estimate of drug-likeness (QED) is 0.571. The van der Waals surface area contributed by atoms with Gasteiger partial charge in [0.1, 0.15) is 0 Å². The van der Waals surface area contributed by atoms with Gasteiger partial charge in [-0.2, -0.15) is 16.3 Å². The third kappa shape index (κ3) is 5.68. The Bertz CT molecular complexity index is 1000. The number of thiophene rings is 1. The van der Waals surface area contributed by atoms with Gasteiger partial charge in [0.2, 0.25) is 17.6 Å². The van der Waals surface area contributed by atoms with Gasteiger partial charge >= 0.3 is 0 Å². The molecule has 0 saturated carbocycles. The van der Waals surface area contributed by atoms with E-state index in [1.54, 1.807) is 17.4 Å².